The third-order valence-corrected chi connectivity index (χ3v) is 2.48. The normalized spacial score (nSPS) is 9.75. The maximum Gasteiger partial charge on any atom is 0.332 e. The topological polar surface area (TPSA) is 32.6 Å². The van der Waals surface area contributed by atoms with E-state index in [0.717, 1.165) is 18.2 Å². The van der Waals surface area contributed by atoms with Crippen molar-refractivity contribution in [1.29, 1.82) is 5.26 Å². The number of hydrogen-bond donors (Lipinski definition) is 0. The Labute approximate surface area is 76.6 Å². The Balaban J connectivity index is 3.00. The summed E-state index contributed by atoms with van der Waals surface area (Å²) < 4.78 is 4.13. The molecule has 0 spiro atoms. The maximum absolute atomic E-state index is 8.56. The standard InChI is InChI=1S/C8H12N3S/c1-3-10-5-6-11(4-2)8(10)12-7-9/h5-6H,3-4H2,1-2H3/q+1. The average molecular weight is 182 g/mol. The van der Waals surface area contributed by atoms with E-state index in [9.17, 15) is 0 Å². The quantitative estimate of drug-likeness (QED) is 0.402. The van der Waals surface area contributed by atoms with E-state index in [2.05, 4.69) is 28.4 Å². The second kappa shape index (κ2) is 4.17. The fourth-order valence-corrected chi connectivity index (χ4v) is 1.79. The Hall–Kier alpha value is -0.950. The third-order valence-electron chi connectivity index (χ3n) is 1.74. The lowest BCUT2D eigenvalue weighted by Gasteiger charge is -1.94. The van der Waals surface area contributed by atoms with Gasteiger partial charge in [0.1, 0.15) is 17.8 Å². The third kappa shape index (κ3) is 1.62. The van der Waals surface area contributed by atoms with Crippen molar-refractivity contribution in [1.82, 2.24) is 4.57 Å². The first-order valence-electron chi connectivity index (χ1n) is 3.98. The van der Waals surface area contributed by atoms with Crippen LogP contribution in [-0.2, 0) is 13.1 Å². The number of thiocyanates is 1. The summed E-state index contributed by atoms with van der Waals surface area (Å²) in [5.41, 5.74) is 0. The number of imidazole rings is 1. The van der Waals surface area contributed by atoms with Crippen LogP contribution in [0.15, 0.2) is 17.6 Å². The highest BCUT2D eigenvalue weighted by Gasteiger charge is 2.14. The second-order valence-corrected chi connectivity index (χ2v) is 3.10. The molecule has 0 bridgehead atoms. The first kappa shape index (κ1) is 9.14. The summed E-state index contributed by atoms with van der Waals surface area (Å²) in [6, 6.07) is 0. The number of thioether (sulfide) groups is 1. The zero-order valence-corrected chi connectivity index (χ0v) is 8.14. The highest BCUT2D eigenvalue weighted by atomic mass is 32.2. The molecule has 0 saturated carbocycles. The fourth-order valence-electron chi connectivity index (χ4n) is 1.09. The zero-order valence-electron chi connectivity index (χ0n) is 7.32. The molecule has 1 heterocycles. The minimum absolute atomic E-state index is 0.914. The van der Waals surface area contributed by atoms with Gasteiger partial charge in [-0.05, 0) is 13.8 Å². The predicted octanol–water partition coefficient (Wildman–Crippen LogP) is 1.39. The van der Waals surface area contributed by atoms with Crippen molar-refractivity contribution in [3.63, 3.8) is 0 Å². The van der Waals surface area contributed by atoms with Gasteiger partial charge in [0.2, 0.25) is 0 Å². The van der Waals surface area contributed by atoms with Crippen LogP contribution in [-0.4, -0.2) is 4.57 Å². The van der Waals surface area contributed by atoms with Gasteiger partial charge in [-0.15, -0.1) is 0 Å². The Kier molecular flexibility index (Phi) is 3.18. The van der Waals surface area contributed by atoms with E-state index in [1.54, 1.807) is 0 Å². The van der Waals surface area contributed by atoms with Crippen molar-refractivity contribution in [3.05, 3.63) is 12.4 Å². The van der Waals surface area contributed by atoms with Crippen LogP contribution in [0, 0.1) is 10.7 Å². The van der Waals surface area contributed by atoms with Crippen LogP contribution in [0.4, 0.5) is 0 Å². The van der Waals surface area contributed by atoms with Gasteiger partial charge in [0.25, 0.3) is 0 Å². The second-order valence-electron chi connectivity index (χ2n) is 2.35. The molecule has 0 atom stereocenters. The number of aromatic nitrogens is 2. The van der Waals surface area contributed by atoms with E-state index in [4.69, 9.17) is 5.26 Å². The maximum atomic E-state index is 8.56. The SMILES string of the molecule is CCn1cc[n+](CC)c1SC#N. The first-order valence-corrected chi connectivity index (χ1v) is 4.79. The van der Waals surface area contributed by atoms with Crippen LogP contribution in [0.2, 0.25) is 0 Å². The van der Waals surface area contributed by atoms with Gasteiger partial charge in [0.05, 0.1) is 24.9 Å². The highest BCUT2D eigenvalue weighted by Crippen LogP contribution is 2.11. The summed E-state index contributed by atoms with van der Waals surface area (Å²) >= 11 is 1.22. The van der Waals surface area contributed by atoms with Gasteiger partial charge < -0.3 is 0 Å². The van der Waals surface area contributed by atoms with E-state index in [1.165, 1.54) is 11.8 Å². The Morgan fingerprint density at radius 1 is 1.67 bits per heavy atom. The number of aryl methyl sites for hydroxylation is 2. The van der Waals surface area contributed by atoms with Gasteiger partial charge in [-0.25, -0.2) is 9.13 Å². The molecule has 0 radical (unpaired) electrons. The van der Waals surface area contributed by atoms with E-state index in [1.807, 2.05) is 12.4 Å². The monoisotopic (exact) mass is 182 g/mol. The largest absolute Gasteiger partial charge is 0.332 e. The lowest BCUT2D eigenvalue weighted by Crippen LogP contribution is -2.32. The molecular weight excluding hydrogens is 170 g/mol. The minimum Gasteiger partial charge on any atom is -0.224 e. The number of rotatable bonds is 3. The molecule has 12 heavy (non-hydrogen) atoms. The molecule has 1 aromatic rings. The van der Waals surface area contributed by atoms with Crippen LogP contribution in [0.5, 0.6) is 0 Å². The molecule has 0 aliphatic heterocycles. The van der Waals surface area contributed by atoms with Crippen LogP contribution >= 0.6 is 11.8 Å². The molecule has 0 aromatic carbocycles. The number of hydrogen-bond acceptors (Lipinski definition) is 2. The molecule has 4 heteroatoms. The van der Waals surface area contributed by atoms with Crippen LogP contribution in [0.1, 0.15) is 13.8 Å². The van der Waals surface area contributed by atoms with Crippen LogP contribution in [0.25, 0.3) is 0 Å². The van der Waals surface area contributed by atoms with Crippen LogP contribution < -0.4 is 4.57 Å². The Morgan fingerprint density at radius 3 is 2.92 bits per heavy atom. The zero-order chi connectivity index (χ0) is 8.97. The predicted molar refractivity (Wildman–Crippen MR) is 47.4 cm³/mol. The first-order chi connectivity index (χ1) is 5.83. The van der Waals surface area contributed by atoms with Crippen molar-refractivity contribution < 1.29 is 4.57 Å². The summed E-state index contributed by atoms with van der Waals surface area (Å²) in [5.74, 6) is 0. The van der Waals surface area contributed by atoms with Gasteiger partial charge >= 0.3 is 5.16 Å². The van der Waals surface area contributed by atoms with E-state index in [-0.39, 0.29) is 0 Å². The van der Waals surface area contributed by atoms with E-state index < -0.39 is 0 Å². The molecule has 0 unspecified atom stereocenters. The summed E-state index contributed by atoms with van der Waals surface area (Å²) in [4.78, 5) is 0. The Bertz CT molecular complexity index is 276. The molecular formula is C8H12N3S+. The number of nitrogens with zero attached hydrogens (tertiary/aromatic N) is 3. The molecule has 0 N–H and O–H groups in total. The van der Waals surface area contributed by atoms with Gasteiger partial charge in [0.15, 0.2) is 0 Å². The van der Waals surface area contributed by atoms with Crippen molar-refractivity contribution in [2.24, 2.45) is 0 Å². The number of nitriles is 1. The van der Waals surface area contributed by atoms with Gasteiger partial charge in [-0.3, -0.25) is 0 Å². The summed E-state index contributed by atoms with van der Waals surface area (Å²) in [6.45, 7) is 5.97. The van der Waals surface area contributed by atoms with Gasteiger partial charge in [-0.1, -0.05) is 0 Å². The van der Waals surface area contributed by atoms with Crippen molar-refractivity contribution in [2.75, 3.05) is 0 Å². The molecule has 0 saturated heterocycles. The van der Waals surface area contributed by atoms with E-state index in [0.29, 0.717) is 0 Å². The lowest BCUT2D eigenvalue weighted by atomic mass is 10.7. The smallest absolute Gasteiger partial charge is 0.224 e. The average Bonchev–Trinajstić information content (AvgIpc) is 2.48. The van der Waals surface area contributed by atoms with Crippen molar-refractivity contribution in [3.8, 4) is 5.40 Å². The molecule has 0 fully saturated rings. The van der Waals surface area contributed by atoms with Gasteiger partial charge in [0, 0.05) is 0 Å². The molecule has 64 valence electrons. The molecule has 0 aliphatic rings. The highest BCUT2D eigenvalue weighted by molar-refractivity contribution is 8.03. The fraction of sp³-hybridized carbons (Fsp3) is 0.500. The molecule has 0 amide bonds. The van der Waals surface area contributed by atoms with Crippen LogP contribution in [0.3, 0.4) is 0 Å². The minimum atomic E-state index is 0.914. The molecule has 0 aliphatic carbocycles. The lowest BCUT2D eigenvalue weighted by molar-refractivity contribution is -0.730. The molecule has 1 rings (SSSR count). The Morgan fingerprint density at radius 2 is 2.42 bits per heavy atom. The molecule has 1 aromatic heterocycles. The van der Waals surface area contributed by atoms with Crippen molar-refractivity contribution >= 4 is 11.8 Å². The summed E-state index contributed by atoms with van der Waals surface area (Å²) in [7, 11) is 0. The summed E-state index contributed by atoms with van der Waals surface area (Å²) in [6.07, 6.45) is 4.01. The summed E-state index contributed by atoms with van der Waals surface area (Å²) in [5, 5.41) is 11.7. The van der Waals surface area contributed by atoms with Crippen molar-refractivity contribution in [2.45, 2.75) is 32.1 Å². The molecule has 3 nitrogen and oxygen atoms in total. The van der Waals surface area contributed by atoms with Gasteiger partial charge in [-0.2, -0.15) is 5.26 Å². The van der Waals surface area contributed by atoms with E-state index >= 15 is 0 Å².